The Balaban J connectivity index is 2.21. The van der Waals surface area contributed by atoms with Gasteiger partial charge in [0.25, 0.3) is 0 Å². The first-order valence-electron chi connectivity index (χ1n) is 7.71. The highest BCUT2D eigenvalue weighted by atomic mass is 16.5. The fourth-order valence-electron chi connectivity index (χ4n) is 2.78. The summed E-state index contributed by atoms with van der Waals surface area (Å²) in [5.41, 5.74) is -1.36. The molecule has 0 spiro atoms. The van der Waals surface area contributed by atoms with Gasteiger partial charge < -0.3 is 14.8 Å². The molecule has 1 N–H and O–H groups in total. The highest BCUT2D eigenvalue weighted by Gasteiger charge is 2.55. The van der Waals surface area contributed by atoms with Crippen LogP contribution in [-0.2, 0) is 29.3 Å². The molecule has 2 rings (SSSR count). The lowest BCUT2D eigenvalue weighted by atomic mass is 9.82. The van der Waals surface area contributed by atoms with E-state index in [2.05, 4.69) is 10.3 Å². The summed E-state index contributed by atoms with van der Waals surface area (Å²) in [7, 11) is 2.38. The van der Waals surface area contributed by atoms with Crippen LogP contribution in [0.3, 0.4) is 0 Å². The van der Waals surface area contributed by atoms with E-state index < -0.39 is 28.8 Å². The van der Waals surface area contributed by atoms with Crippen molar-refractivity contribution in [3.63, 3.8) is 0 Å². The Kier molecular flexibility index (Phi) is 4.91. The third-order valence-electron chi connectivity index (χ3n) is 4.85. The maximum Gasteiger partial charge on any atom is 0.325 e. The van der Waals surface area contributed by atoms with Gasteiger partial charge >= 0.3 is 11.9 Å². The van der Waals surface area contributed by atoms with E-state index in [0.29, 0.717) is 12.8 Å². The van der Waals surface area contributed by atoms with Crippen molar-refractivity contribution in [1.82, 2.24) is 10.3 Å². The smallest absolute Gasteiger partial charge is 0.325 e. The predicted molar refractivity (Wildman–Crippen MR) is 84.9 cm³/mol. The van der Waals surface area contributed by atoms with Crippen LogP contribution in [0.4, 0.5) is 0 Å². The van der Waals surface area contributed by atoms with Crippen molar-refractivity contribution in [3.05, 3.63) is 30.1 Å². The van der Waals surface area contributed by atoms with Crippen LogP contribution in [-0.4, -0.2) is 43.1 Å². The van der Waals surface area contributed by atoms with E-state index in [-0.39, 0.29) is 5.91 Å². The molecule has 1 aliphatic carbocycles. The van der Waals surface area contributed by atoms with Gasteiger partial charge in [-0.3, -0.25) is 19.4 Å². The Morgan fingerprint density at radius 1 is 1.17 bits per heavy atom. The fourth-order valence-corrected chi connectivity index (χ4v) is 2.78. The molecule has 7 heteroatoms. The van der Waals surface area contributed by atoms with Gasteiger partial charge in [0.1, 0.15) is 0 Å². The Bertz CT molecular complexity index is 624. The van der Waals surface area contributed by atoms with Crippen molar-refractivity contribution >= 4 is 17.8 Å². The van der Waals surface area contributed by atoms with Gasteiger partial charge in [-0.2, -0.15) is 0 Å². The number of nitrogens with zero attached hydrogens (tertiary/aromatic N) is 1. The molecule has 0 saturated heterocycles. The monoisotopic (exact) mass is 334 g/mol. The van der Waals surface area contributed by atoms with E-state index >= 15 is 0 Å². The van der Waals surface area contributed by atoms with E-state index in [4.69, 9.17) is 9.47 Å². The highest BCUT2D eigenvalue weighted by molar-refractivity contribution is 6.01. The average Bonchev–Trinajstić information content (AvgIpc) is 3.42. The number of methoxy groups -OCH3 is 2. The Labute approximate surface area is 140 Å². The van der Waals surface area contributed by atoms with Gasteiger partial charge in [-0.05, 0) is 44.4 Å². The normalized spacial score (nSPS) is 16.7. The van der Waals surface area contributed by atoms with Gasteiger partial charge in [0, 0.05) is 12.4 Å². The van der Waals surface area contributed by atoms with Crippen molar-refractivity contribution in [1.29, 1.82) is 0 Å². The van der Waals surface area contributed by atoms with Crippen molar-refractivity contribution < 1.29 is 23.9 Å². The van der Waals surface area contributed by atoms with Crippen molar-refractivity contribution in [2.75, 3.05) is 14.2 Å². The van der Waals surface area contributed by atoms with Crippen molar-refractivity contribution in [2.45, 2.75) is 38.1 Å². The lowest BCUT2D eigenvalue weighted by molar-refractivity contribution is -0.169. The van der Waals surface area contributed by atoms with Crippen LogP contribution in [0.2, 0.25) is 0 Å². The summed E-state index contributed by atoms with van der Waals surface area (Å²) in [6.07, 6.45) is 4.70. The lowest BCUT2D eigenvalue weighted by Gasteiger charge is -2.31. The quantitative estimate of drug-likeness (QED) is 0.615. The standard InChI is InChI=1S/C17H22N2O5/c1-11(16(2,14(21)23-3)15(22)24-4)19-13(20)17(7-8-17)12-5-9-18-10-6-12/h5-6,9-11H,7-8H2,1-4H3,(H,19,20). The van der Waals surface area contributed by atoms with Crippen LogP contribution in [0.1, 0.15) is 32.3 Å². The molecule has 1 atom stereocenters. The number of carbonyl (C=O) groups excluding carboxylic acids is 3. The van der Waals surface area contributed by atoms with Gasteiger partial charge in [0.15, 0.2) is 5.41 Å². The molecular weight excluding hydrogens is 312 g/mol. The van der Waals surface area contributed by atoms with E-state index in [1.165, 1.54) is 21.1 Å². The molecule has 1 saturated carbocycles. The fraction of sp³-hybridized carbons (Fsp3) is 0.529. The van der Waals surface area contributed by atoms with Crippen LogP contribution in [0.25, 0.3) is 0 Å². The van der Waals surface area contributed by atoms with Gasteiger partial charge in [0.2, 0.25) is 5.91 Å². The molecule has 1 heterocycles. The summed E-state index contributed by atoms with van der Waals surface area (Å²) >= 11 is 0. The van der Waals surface area contributed by atoms with Crippen LogP contribution >= 0.6 is 0 Å². The molecule has 1 unspecified atom stereocenters. The SMILES string of the molecule is COC(=O)C(C)(C(=O)OC)C(C)NC(=O)C1(c2ccncc2)CC1. The number of pyridine rings is 1. The second-order valence-corrected chi connectivity index (χ2v) is 6.20. The van der Waals surface area contributed by atoms with Crippen LogP contribution in [0.5, 0.6) is 0 Å². The average molecular weight is 334 g/mol. The molecule has 7 nitrogen and oxygen atoms in total. The zero-order valence-electron chi connectivity index (χ0n) is 14.3. The first-order chi connectivity index (χ1) is 11.3. The molecule has 1 aliphatic rings. The number of ether oxygens (including phenoxy) is 2. The molecule has 24 heavy (non-hydrogen) atoms. The molecule has 0 aliphatic heterocycles. The summed E-state index contributed by atoms with van der Waals surface area (Å²) in [5, 5.41) is 2.79. The third kappa shape index (κ3) is 2.86. The number of hydrogen-bond donors (Lipinski definition) is 1. The molecule has 1 amide bonds. The molecule has 0 aromatic carbocycles. The second-order valence-electron chi connectivity index (χ2n) is 6.20. The van der Waals surface area contributed by atoms with Gasteiger partial charge in [0.05, 0.1) is 25.7 Å². The van der Waals surface area contributed by atoms with E-state index in [1.807, 2.05) is 0 Å². The number of carbonyl (C=O) groups is 3. The number of esters is 2. The molecule has 1 aromatic heterocycles. The summed E-state index contributed by atoms with van der Waals surface area (Å²) in [6.45, 7) is 3.00. The van der Waals surface area contributed by atoms with E-state index in [1.54, 1.807) is 31.5 Å². The van der Waals surface area contributed by atoms with E-state index in [0.717, 1.165) is 5.56 Å². The van der Waals surface area contributed by atoms with Gasteiger partial charge in [-0.15, -0.1) is 0 Å². The number of amides is 1. The van der Waals surface area contributed by atoms with Crippen molar-refractivity contribution in [2.24, 2.45) is 5.41 Å². The molecule has 0 radical (unpaired) electrons. The molecule has 1 aromatic rings. The minimum absolute atomic E-state index is 0.222. The third-order valence-corrected chi connectivity index (χ3v) is 4.85. The molecule has 130 valence electrons. The number of nitrogens with one attached hydrogen (secondary N) is 1. The predicted octanol–water partition coefficient (Wildman–Crippen LogP) is 0.970. The lowest BCUT2D eigenvalue weighted by Crippen LogP contribution is -2.55. The maximum atomic E-state index is 12.8. The number of rotatable bonds is 6. The van der Waals surface area contributed by atoms with Crippen LogP contribution < -0.4 is 5.32 Å². The first-order valence-corrected chi connectivity index (χ1v) is 7.71. The minimum Gasteiger partial charge on any atom is -0.468 e. The molecule has 1 fully saturated rings. The zero-order valence-corrected chi connectivity index (χ0v) is 14.3. The topological polar surface area (TPSA) is 94.6 Å². The maximum absolute atomic E-state index is 12.8. The van der Waals surface area contributed by atoms with Crippen LogP contribution in [0.15, 0.2) is 24.5 Å². The van der Waals surface area contributed by atoms with Crippen molar-refractivity contribution in [3.8, 4) is 0 Å². The first kappa shape index (κ1) is 17.9. The Morgan fingerprint density at radius 3 is 2.08 bits per heavy atom. The van der Waals surface area contributed by atoms with Crippen LogP contribution in [0, 0.1) is 5.41 Å². The summed E-state index contributed by atoms with van der Waals surface area (Å²) in [6, 6.07) is 2.82. The zero-order chi connectivity index (χ0) is 18.0. The minimum atomic E-state index is -1.62. The highest BCUT2D eigenvalue weighted by Crippen LogP contribution is 2.48. The number of hydrogen-bond acceptors (Lipinski definition) is 6. The largest absolute Gasteiger partial charge is 0.468 e. The van der Waals surface area contributed by atoms with E-state index in [9.17, 15) is 14.4 Å². The number of aromatic nitrogens is 1. The molecular formula is C17H22N2O5. The van der Waals surface area contributed by atoms with Gasteiger partial charge in [-0.25, -0.2) is 0 Å². The summed E-state index contributed by atoms with van der Waals surface area (Å²) in [5.74, 6) is -1.73. The Morgan fingerprint density at radius 2 is 1.67 bits per heavy atom. The summed E-state index contributed by atoms with van der Waals surface area (Å²) in [4.78, 5) is 41.0. The molecule has 0 bridgehead atoms. The summed E-state index contributed by atoms with van der Waals surface area (Å²) < 4.78 is 9.46. The van der Waals surface area contributed by atoms with Gasteiger partial charge in [-0.1, -0.05) is 0 Å². The second kappa shape index (κ2) is 6.59. The Hall–Kier alpha value is -2.44.